The highest BCUT2D eigenvalue weighted by Crippen LogP contribution is 2.60. The van der Waals surface area contributed by atoms with Crippen LogP contribution in [0.5, 0.6) is 0 Å². The predicted molar refractivity (Wildman–Crippen MR) is 80.3 cm³/mol. The summed E-state index contributed by atoms with van der Waals surface area (Å²) in [5.41, 5.74) is 6.34. The number of imidazole rings is 1. The molecule has 1 aromatic rings. The van der Waals surface area contributed by atoms with E-state index in [0.717, 1.165) is 30.7 Å². The van der Waals surface area contributed by atoms with E-state index < -0.39 is 0 Å². The van der Waals surface area contributed by atoms with E-state index in [1.165, 1.54) is 44.3 Å². The topological polar surface area (TPSA) is 43.8 Å². The lowest BCUT2D eigenvalue weighted by atomic mass is 9.49. The first kappa shape index (κ1) is 12.9. The first-order chi connectivity index (χ1) is 9.64. The number of nitrogens with two attached hydrogens (primary N) is 1. The summed E-state index contributed by atoms with van der Waals surface area (Å²) in [6.07, 6.45) is 13.9. The third kappa shape index (κ3) is 2.02. The Kier molecular flexibility index (Phi) is 2.95. The normalized spacial score (nSPS) is 40.2. The van der Waals surface area contributed by atoms with E-state index in [2.05, 4.69) is 17.7 Å². The van der Waals surface area contributed by atoms with Gasteiger partial charge in [0.1, 0.15) is 5.82 Å². The van der Waals surface area contributed by atoms with Gasteiger partial charge in [0.05, 0.1) is 0 Å². The summed E-state index contributed by atoms with van der Waals surface area (Å²) in [4.78, 5) is 4.81. The van der Waals surface area contributed by atoms with E-state index in [9.17, 15) is 0 Å². The number of aryl methyl sites for hydroxylation is 1. The molecule has 1 unspecified atom stereocenters. The zero-order chi connectivity index (χ0) is 13.7. The van der Waals surface area contributed by atoms with Gasteiger partial charge in [-0.2, -0.15) is 0 Å². The fraction of sp³-hybridized carbons (Fsp3) is 0.824. The molecule has 3 heteroatoms. The first-order valence-electron chi connectivity index (χ1n) is 8.42. The molecule has 4 saturated carbocycles. The Morgan fingerprint density at radius 2 is 1.85 bits per heavy atom. The van der Waals surface area contributed by atoms with Crippen LogP contribution in [0.1, 0.15) is 57.7 Å². The summed E-state index contributed by atoms with van der Waals surface area (Å²) in [5, 5.41) is 0. The minimum absolute atomic E-state index is 0.279. The molecule has 4 fully saturated rings. The second kappa shape index (κ2) is 4.59. The van der Waals surface area contributed by atoms with Gasteiger partial charge in [-0.25, -0.2) is 4.98 Å². The number of hydrogen-bond donors (Lipinski definition) is 1. The second-order valence-electron chi connectivity index (χ2n) is 7.91. The maximum Gasteiger partial charge on any atom is 0.114 e. The maximum atomic E-state index is 5.93. The van der Waals surface area contributed by atoms with Gasteiger partial charge in [0, 0.05) is 30.4 Å². The molecule has 0 aromatic carbocycles. The highest BCUT2D eigenvalue weighted by molar-refractivity contribution is 5.18. The van der Waals surface area contributed by atoms with E-state index in [1.54, 1.807) is 0 Å². The molecule has 4 aliphatic rings. The smallest absolute Gasteiger partial charge is 0.114 e. The van der Waals surface area contributed by atoms with Crippen LogP contribution in [0.2, 0.25) is 0 Å². The number of aromatic nitrogens is 2. The van der Waals surface area contributed by atoms with E-state index in [1.807, 2.05) is 6.20 Å². The molecule has 20 heavy (non-hydrogen) atoms. The van der Waals surface area contributed by atoms with Gasteiger partial charge in [0.15, 0.2) is 0 Å². The molecule has 4 bridgehead atoms. The molecule has 0 amide bonds. The monoisotopic (exact) mass is 273 g/mol. The molecule has 4 aliphatic carbocycles. The van der Waals surface area contributed by atoms with Crippen LogP contribution in [0.25, 0.3) is 0 Å². The molecule has 0 aliphatic heterocycles. The van der Waals surface area contributed by atoms with Crippen molar-refractivity contribution in [2.45, 2.75) is 69.9 Å². The number of nitrogens with zero attached hydrogens (tertiary/aromatic N) is 2. The van der Waals surface area contributed by atoms with E-state index in [-0.39, 0.29) is 6.04 Å². The van der Waals surface area contributed by atoms with Crippen molar-refractivity contribution < 1.29 is 0 Å². The van der Waals surface area contributed by atoms with Gasteiger partial charge in [-0.1, -0.05) is 0 Å². The van der Waals surface area contributed by atoms with E-state index in [4.69, 9.17) is 10.7 Å². The molecule has 3 nitrogen and oxygen atoms in total. The Bertz CT molecular complexity index is 453. The summed E-state index contributed by atoms with van der Waals surface area (Å²) in [7, 11) is 0. The van der Waals surface area contributed by atoms with E-state index >= 15 is 0 Å². The molecule has 0 spiro atoms. The largest absolute Gasteiger partial charge is 0.334 e. The molecular formula is C17H27N3. The lowest BCUT2D eigenvalue weighted by Gasteiger charge is -2.56. The third-order valence-corrected chi connectivity index (χ3v) is 6.05. The standard InChI is InChI=1S/C17H27N3/c1-12(18)2-4-20-5-3-19-16(20)17-9-13-6-14(10-17)8-15(7-13)11-17/h3,5,12-15H,2,4,6-11,18H2,1H3. The zero-order valence-electron chi connectivity index (χ0n) is 12.6. The van der Waals surface area contributed by atoms with Gasteiger partial charge in [-0.15, -0.1) is 0 Å². The number of rotatable bonds is 4. The van der Waals surface area contributed by atoms with Crippen LogP contribution >= 0.6 is 0 Å². The van der Waals surface area contributed by atoms with E-state index in [0.29, 0.717) is 5.41 Å². The highest BCUT2D eigenvalue weighted by Gasteiger charge is 2.53. The van der Waals surface area contributed by atoms with Gasteiger partial charge in [-0.05, 0) is 69.6 Å². The highest BCUT2D eigenvalue weighted by atomic mass is 15.1. The van der Waals surface area contributed by atoms with Crippen LogP contribution < -0.4 is 5.73 Å². The van der Waals surface area contributed by atoms with Crippen molar-refractivity contribution in [3.8, 4) is 0 Å². The SMILES string of the molecule is CC(N)CCn1ccnc1C12CC3CC(CC(C3)C1)C2. The zero-order valence-corrected chi connectivity index (χ0v) is 12.6. The Morgan fingerprint density at radius 3 is 2.40 bits per heavy atom. The Hall–Kier alpha value is -0.830. The van der Waals surface area contributed by atoms with Crippen LogP contribution in [0.4, 0.5) is 0 Å². The number of hydrogen-bond acceptors (Lipinski definition) is 2. The van der Waals surface area contributed by atoms with Gasteiger partial charge in [-0.3, -0.25) is 0 Å². The van der Waals surface area contributed by atoms with Crippen molar-refractivity contribution in [2.75, 3.05) is 0 Å². The average molecular weight is 273 g/mol. The molecule has 2 N–H and O–H groups in total. The van der Waals surface area contributed by atoms with Crippen LogP contribution in [-0.2, 0) is 12.0 Å². The Morgan fingerprint density at radius 1 is 1.25 bits per heavy atom. The van der Waals surface area contributed by atoms with Crippen molar-refractivity contribution in [1.29, 1.82) is 0 Å². The Labute approximate surface area is 122 Å². The average Bonchev–Trinajstić information content (AvgIpc) is 2.83. The van der Waals surface area contributed by atoms with Crippen molar-refractivity contribution in [3.05, 3.63) is 18.2 Å². The van der Waals surface area contributed by atoms with Crippen molar-refractivity contribution >= 4 is 0 Å². The van der Waals surface area contributed by atoms with Crippen LogP contribution in [0.15, 0.2) is 12.4 Å². The quantitative estimate of drug-likeness (QED) is 0.916. The minimum atomic E-state index is 0.279. The summed E-state index contributed by atoms with van der Waals surface area (Å²) >= 11 is 0. The van der Waals surface area contributed by atoms with Crippen LogP contribution in [0.3, 0.4) is 0 Å². The molecule has 5 rings (SSSR count). The fourth-order valence-corrected chi connectivity index (χ4v) is 5.68. The van der Waals surface area contributed by atoms with Crippen LogP contribution in [-0.4, -0.2) is 15.6 Å². The molecule has 0 saturated heterocycles. The van der Waals surface area contributed by atoms with Crippen LogP contribution in [0, 0.1) is 17.8 Å². The lowest BCUT2D eigenvalue weighted by Crippen LogP contribution is -2.49. The summed E-state index contributed by atoms with van der Waals surface area (Å²) in [6.45, 7) is 3.13. The van der Waals surface area contributed by atoms with Gasteiger partial charge >= 0.3 is 0 Å². The lowest BCUT2D eigenvalue weighted by molar-refractivity contribution is -0.0110. The first-order valence-corrected chi connectivity index (χ1v) is 8.42. The molecule has 1 aromatic heterocycles. The molecule has 1 heterocycles. The minimum Gasteiger partial charge on any atom is -0.334 e. The molecular weight excluding hydrogens is 246 g/mol. The Balaban J connectivity index is 1.62. The molecule has 1 atom stereocenters. The molecule has 110 valence electrons. The van der Waals surface area contributed by atoms with Gasteiger partial charge < -0.3 is 10.3 Å². The third-order valence-electron chi connectivity index (χ3n) is 6.05. The second-order valence-corrected chi connectivity index (χ2v) is 7.91. The summed E-state index contributed by atoms with van der Waals surface area (Å²) < 4.78 is 2.41. The summed E-state index contributed by atoms with van der Waals surface area (Å²) in [5.74, 6) is 4.34. The van der Waals surface area contributed by atoms with Crippen molar-refractivity contribution in [3.63, 3.8) is 0 Å². The van der Waals surface area contributed by atoms with Gasteiger partial charge in [0.2, 0.25) is 0 Å². The summed E-state index contributed by atoms with van der Waals surface area (Å²) in [6, 6.07) is 0.279. The predicted octanol–water partition coefficient (Wildman–Crippen LogP) is 3.09. The van der Waals surface area contributed by atoms with Crippen molar-refractivity contribution in [2.24, 2.45) is 23.5 Å². The molecule has 0 radical (unpaired) electrons. The maximum absolute atomic E-state index is 5.93. The fourth-order valence-electron chi connectivity index (χ4n) is 5.68. The van der Waals surface area contributed by atoms with Gasteiger partial charge in [0.25, 0.3) is 0 Å². The van der Waals surface area contributed by atoms with Crippen molar-refractivity contribution in [1.82, 2.24) is 9.55 Å².